The summed E-state index contributed by atoms with van der Waals surface area (Å²) in [5.41, 5.74) is 2.44. The molecule has 22 heavy (non-hydrogen) atoms. The quantitative estimate of drug-likeness (QED) is 0.924. The fraction of sp³-hybridized carbons (Fsp3) is 0.333. The lowest BCUT2D eigenvalue weighted by Crippen LogP contribution is -2.41. The molecule has 4 unspecified atom stereocenters. The maximum absolute atomic E-state index is 12.3. The van der Waals surface area contributed by atoms with E-state index in [1.54, 1.807) is 6.92 Å². The van der Waals surface area contributed by atoms with E-state index in [4.69, 9.17) is 0 Å². The lowest BCUT2D eigenvalue weighted by Gasteiger charge is -2.26. The average Bonchev–Trinajstić information content (AvgIpc) is 3.04. The van der Waals surface area contributed by atoms with E-state index < -0.39 is 0 Å². The van der Waals surface area contributed by atoms with E-state index in [-0.39, 0.29) is 29.8 Å². The van der Waals surface area contributed by atoms with Gasteiger partial charge in [-0.05, 0) is 25.6 Å². The number of carbonyl (C=O) groups excluding carboxylic acids is 1. The molecule has 4 atom stereocenters. The Labute approximate surface area is 130 Å². The zero-order valence-corrected chi connectivity index (χ0v) is 12.7. The first-order chi connectivity index (χ1) is 10.7. The van der Waals surface area contributed by atoms with Gasteiger partial charge in [-0.2, -0.15) is 0 Å². The third-order valence-corrected chi connectivity index (χ3v) is 5.03. The molecule has 4 rings (SSSR count). The first kappa shape index (κ1) is 13.5. The molecule has 4 heteroatoms. The molecule has 112 valence electrons. The summed E-state index contributed by atoms with van der Waals surface area (Å²) in [7, 11) is 2.03. The summed E-state index contributed by atoms with van der Waals surface area (Å²) in [6.07, 6.45) is 1.94. The summed E-state index contributed by atoms with van der Waals surface area (Å²) in [4.78, 5) is 18.9. The van der Waals surface area contributed by atoms with Crippen LogP contribution in [0.25, 0.3) is 0 Å². The molecule has 1 aromatic carbocycles. The molecule has 1 N–H and O–H groups in total. The van der Waals surface area contributed by atoms with Crippen molar-refractivity contribution in [1.29, 1.82) is 0 Å². The van der Waals surface area contributed by atoms with Crippen molar-refractivity contribution in [2.75, 3.05) is 12.4 Å². The molecule has 0 saturated carbocycles. The number of nitrogens with one attached hydrogen (secondary N) is 1. The van der Waals surface area contributed by atoms with Gasteiger partial charge in [0.2, 0.25) is 0 Å². The minimum atomic E-state index is -0.0988. The minimum absolute atomic E-state index is 0.0988. The van der Waals surface area contributed by atoms with Crippen molar-refractivity contribution in [3.63, 3.8) is 0 Å². The van der Waals surface area contributed by atoms with Gasteiger partial charge >= 0.3 is 0 Å². The fourth-order valence-corrected chi connectivity index (χ4v) is 4.18. The summed E-state index contributed by atoms with van der Waals surface area (Å²) >= 11 is 0. The average molecular weight is 293 g/mol. The van der Waals surface area contributed by atoms with Crippen LogP contribution in [0, 0.1) is 0 Å². The van der Waals surface area contributed by atoms with Crippen LogP contribution in [0.5, 0.6) is 0 Å². The molecule has 1 aromatic heterocycles. The number of ketones is 1. The van der Waals surface area contributed by atoms with Crippen LogP contribution in [0.2, 0.25) is 0 Å². The summed E-state index contributed by atoms with van der Waals surface area (Å²) in [6, 6.07) is 14.4. The Morgan fingerprint density at radius 3 is 2.64 bits per heavy atom. The van der Waals surface area contributed by atoms with Crippen LogP contribution in [0.3, 0.4) is 0 Å². The predicted molar refractivity (Wildman–Crippen MR) is 85.8 cm³/mol. The summed E-state index contributed by atoms with van der Waals surface area (Å²) in [5, 5.41) is 3.49. The molecule has 2 aliphatic heterocycles. The second-order valence-corrected chi connectivity index (χ2v) is 6.21. The zero-order valence-electron chi connectivity index (χ0n) is 12.7. The van der Waals surface area contributed by atoms with E-state index >= 15 is 0 Å². The van der Waals surface area contributed by atoms with Gasteiger partial charge in [0.15, 0.2) is 0 Å². The second-order valence-electron chi connectivity index (χ2n) is 6.21. The first-order valence-electron chi connectivity index (χ1n) is 7.67. The molecule has 0 bridgehead atoms. The molecule has 4 nitrogen and oxygen atoms in total. The van der Waals surface area contributed by atoms with E-state index in [9.17, 15) is 4.79 Å². The number of likely N-dealkylation sites (N-methyl/N-ethyl adjacent to an activating group) is 1. The third-order valence-electron chi connectivity index (χ3n) is 5.03. The van der Waals surface area contributed by atoms with Gasteiger partial charge in [0, 0.05) is 23.6 Å². The van der Waals surface area contributed by atoms with E-state index in [2.05, 4.69) is 33.4 Å². The summed E-state index contributed by atoms with van der Waals surface area (Å²) in [6.45, 7) is 1.70. The van der Waals surface area contributed by atoms with Gasteiger partial charge in [-0.1, -0.05) is 36.4 Å². The van der Waals surface area contributed by atoms with Crippen molar-refractivity contribution in [3.05, 3.63) is 59.8 Å². The molecule has 3 heterocycles. The minimum Gasteiger partial charge on any atom is -0.354 e. The smallest absolute Gasteiger partial charge is 0.147 e. The topological polar surface area (TPSA) is 45.2 Å². The highest BCUT2D eigenvalue weighted by Gasteiger charge is 2.53. The number of hydrogen-bond donors (Lipinski definition) is 1. The molecule has 0 amide bonds. The van der Waals surface area contributed by atoms with Crippen LogP contribution in [0.15, 0.2) is 48.7 Å². The van der Waals surface area contributed by atoms with Gasteiger partial charge in [-0.15, -0.1) is 0 Å². The van der Waals surface area contributed by atoms with Gasteiger partial charge in [-0.3, -0.25) is 9.69 Å². The number of Topliss-reactive ketones (excluding diaryl/α,β-unsaturated/α-hetero) is 1. The molecule has 0 spiro atoms. The number of pyridine rings is 1. The van der Waals surface area contributed by atoms with Crippen LogP contribution in [0.4, 0.5) is 5.82 Å². The van der Waals surface area contributed by atoms with Crippen molar-refractivity contribution in [3.8, 4) is 0 Å². The molecule has 1 saturated heterocycles. The lowest BCUT2D eigenvalue weighted by molar-refractivity contribution is -0.121. The number of rotatable bonds is 2. The van der Waals surface area contributed by atoms with Crippen LogP contribution in [0.1, 0.15) is 29.9 Å². The molecule has 0 radical (unpaired) electrons. The highest BCUT2D eigenvalue weighted by Crippen LogP contribution is 2.52. The number of fused-ring (bicyclic) bond motifs is 3. The number of anilines is 1. The monoisotopic (exact) mass is 293 g/mol. The molecular formula is C18H19N3O. The van der Waals surface area contributed by atoms with Gasteiger partial charge in [0.1, 0.15) is 11.6 Å². The SMILES string of the molecule is CC(=O)C1C(c2ccccc2)C2c3cccnc3NC2N1C. The van der Waals surface area contributed by atoms with Crippen LogP contribution >= 0.6 is 0 Å². The normalized spacial score (nSPS) is 29.7. The van der Waals surface area contributed by atoms with Crippen LogP contribution < -0.4 is 5.32 Å². The van der Waals surface area contributed by atoms with Crippen molar-refractivity contribution < 1.29 is 4.79 Å². The second kappa shape index (κ2) is 4.92. The van der Waals surface area contributed by atoms with E-state index in [1.807, 2.05) is 37.5 Å². The molecule has 2 aromatic rings. The Morgan fingerprint density at radius 2 is 1.91 bits per heavy atom. The Morgan fingerprint density at radius 1 is 1.14 bits per heavy atom. The van der Waals surface area contributed by atoms with Crippen molar-refractivity contribution in [2.24, 2.45) is 0 Å². The number of likely N-dealkylation sites (tertiary alicyclic amines) is 1. The molecule has 1 fully saturated rings. The Hall–Kier alpha value is -2.20. The van der Waals surface area contributed by atoms with Crippen LogP contribution in [-0.4, -0.2) is 34.9 Å². The third kappa shape index (κ3) is 1.80. The zero-order chi connectivity index (χ0) is 15.3. The fourth-order valence-electron chi connectivity index (χ4n) is 4.18. The highest BCUT2D eigenvalue weighted by molar-refractivity contribution is 5.84. The maximum Gasteiger partial charge on any atom is 0.147 e. The van der Waals surface area contributed by atoms with E-state index in [0.717, 1.165) is 5.82 Å². The largest absolute Gasteiger partial charge is 0.354 e. The number of carbonyl (C=O) groups is 1. The molecule has 0 aliphatic carbocycles. The van der Waals surface area contributed by atoms with Gasteiger partial charge in [-0.25, -0.2) is 4.98 Å². The van der Waals surface area contributed by atoms with E-state index in [0.29, 0.717) is 0 Å². The number of nitrogens with zero attached hydrogens (tertiary/aromatic N) is 2. The van der Waals surface area contributed by atoms with Crippen molar-refractivity contribution >= 4 is 11.6 Å². The Kier molecular flexibility index (Phi) is 3.01. The first-order valence-corrected chi connectivity index (χ1v) is 7.67. The Bertz CT molecular complexity index is 715. The standard InChI is InChI=1S/C18H19N3O/c1-11(22)16-14(12-7-4-3-5-8-12)15-13-9-6-10-19-17(13)20-18(15)21(16)2/h3-10,14-16,18H,1-2H3,(H,19,20). The molecule has 2 aliphatic rings. The summed E-state index contributed by atoms with van der Waals surface area (Å²) < 4.78 is 0. The molecular weight excluding hydrogens is 274 g/mol. The number of aromatic nitrogens is 1. The van der Waals surface area contributed by atoms with Gasteiger partial charge in [0.25, 0.3) is 0 Å². The van der Waals surface area contributed by atoms with Gasteiger partial charge < -0.3 is 5.32 Å². The van der Waals surface area contributed by atoms with Crippen molar-refractivity contribution in [2.45, 2.75) is 31.0 Å². The van der Waals surface area contributed by atoms with Gasteiger partial charge in [0.05, 0.1) is 12.2 Å². The van der Waals surface area contributed by atoms with Crippen molar-refractivity contribution in [1.82, 2.24) is 9.88 Å². The number of benzene rings is 1. The summed E-state index contributed by atoms with van der Waals surface area (Å²) in [5.74, 6) is 1.59. The Balaban J connectivity index is 1.86. The predicted octanol–water partition coefficient (Wildman–Crippen LogP) is 2.60. The highest BCUT2D eigenvalue weighted by atomic mass is 16.1. The van der Waals surface area contributed by atoms with E-state index in [1.165, 1.54) is 11.1 Å². The maximum atomic E-state index is 12.3. The number of hydrogen-bond acceptors (Lipinski definition) is 4. The van der Waals surface area contributed by atoms with Crippen LogP contribution in [-0.2, 0) is 4.79 Å². The lowest BCUT2D eigenvalue weighted by atomic mass is 9.80.